The molecule has 1 aromatic rings. The van der Waals surface area contributed by atoms with Crippen molar-refractivity contribution < 1.29 is 9.90 Å². The summed E-state index contributed by atoms with van der Waals surface area (Å²) in [5, 5.41) is 10.2. The van der Waals surface area contributed by atoms with E-state index in [1.807, 2.05) is 36.4 Å². The molecular weight excluding hydrogens is 448 g/mol. The Morgan fingerprint density at radius 1 is 1.10 bits per heavy atom. The first-order valence-corrected chi connectivity index (χ1v) is 13.0. The van der Waals surface area contributed by atoms with Crippen LogP contribution in [0.15, 0.2) is 46.5 Å². The van der Waals surface area contributed by atoms with Crippen LogP contribution in [0, 0.1) is 34.5 Å². The molecule has 0 aliphatic heterocycles. The number of halogens is 1. The molecule has 4 aliphatic carbocycles. The number of ketones is 1. The van der Waals surface area contributed by atoms with E-state index in [1.54, 1.807) is 0 Å². The molecule has 7 atom stereocenters. The largest absolute Gasteiger partial charge is 0.393 e. The molecule has 0 bridgehead atoms. The first-order valence-electron chi connectivity index (χ1n) is 12.2. The molecule has 1 aromatic carbocycles. The van der Waals surface area contributed by atoms with Gasteiger partial charge in [-0.3, -0.25) is 4.79 Å². The Labute approximate surface area is 195 Å². The molecule has 0 radical (unpaired) electrons. The first-order chi connectivity index (χ1) is 14.8. The van der Waals surface area contributed by atoms with Gasteiger partial charge in [0.2, 0.25) is 0 Å². The van der Waals surface area contributed by atoms with E-state index in [0.29, 0.717) is 17.6 Å². The second-order valence-corrected chi connectivity index (χ2v) is 11.9. The number of hydrogen-bond donors (Lipinski definition) is 1. The molecule has 3 fully saturated rings. The van der Waals surface area contributed by atoms with Crippen molar-refractivity contribution >= 4 is 27.8 Å². The van der Waals surface area contributed by atoms with Crippen LogP contribution in [0.2, 0.25) is 0 Å². The molecule has 3 heteroatoms. The Morgan fingerprint density at radius 3 is 2.71 bits per heavy atom. The minimum atomic E-state index is -0.144. The van der Waals surface area contributed by atoms with Crippen molar-refractivity contribution in [3.8, 4) is 0 Å². The van der Waals surface area contributed by atoms with Gasteiger partial charge < -0.3 is 5.11 Å². The lowest BCUT2D eigenvalue weighted by atomic mass is 9.47. The fourth-order valence-corrected chi connectivity index (χ4v) is 8.42. The predicted molar refractivity (Wildman–Crippen MR) is 129 cm³/mol. The number of benzene rings is 1. The second-order valence-electron chi connectivity index (χ2n) is 11.1. The number of allylic oxidation sites excluding steroid dienone is 2. The fraction of sp³-hybridized carbons (Fsp3) is 0.607. The minimum Gasteiger partial charge on any atom is -0.393 e. The fourth-order valence-electron chi connectivity index (χ4n) is 8.01. The van der Waals surface area contributed by atoms with Gasteiger partial charge in [0.25, 0.3) is 0 Å². The van der Waals surface area contributed by atoms with E-state index in [1.165, 1.54) is 24.8 Å². The van der Waals surface area contributed by atoms with Crippen LogP contribution in [0.4, 0.5) is 0 Å². The van der Waals surface area contributed by atoms with Crippen molar-refractivity contribution in [3.05, 3.63) is 52.0 Å². The molecule has 4 aliphatic rings. The zero-order valence-electron chi connectivity index (χ0n) is 18.8. The van der Waals surface area contributed by atoms with Crippen molar-refractivity contribution in [2.24, 2.45) is 34.5 Å². The van der Waals surface area contributed by atoms with Crippen LogP contribution in [-0.4, -0.2) is 17.0 Å². The van der Waals surface area contributed by atoms with E-state index in [4.69, 9.17) is 0 Å². The maximum Gasteiger partial charge on any atom is 0.159 e. The molecule has 0 saturated heterocycles. The van der Waals surface area contributed by atoms with E-state index in [2.05, 4.69) is 35.9 Å². The molecule has 0 aromatic heterocycles. The molecule has 1 N–H and O–H groups in total. The third kappa shape index (κ3) is 3.51. The van der Waals surface area contributed by atoms with Gasteiger partial charge in [0.05, 0.1) is 6.10 Å². The average Bonchev–Trinajstić information content (AvgIpc) is 3.11. The number of aliphatic hydroxyl groups excluding tert-OH is 1. The highest BCUT2D eigenvalue weighted by Crippen LogP contribution is 2.66. The maximum absolute atomic E-state index is 13.3. The van der Waals surface area contributed by atoms with Crippen LogP contribution >= 0.6 is 15.9 Å². The molecule has 2 nitrogen and oxygen atoms in total. The van der Waals surface area contributed by atoms with Crippen LogP contribution in [0.1, 0.15) is 70.8 Å². The summed E-state index contributed by atoms with van der Waals surface area (Å²) in [7, 11) is 0. The molecule has 3 saturated carbocycles. The van der Waals surface area contributed by atoms with Gasteiger partial charge in [-0.25, -0.2) is 0 Å². The molecule has 0 amide bonds. The van der Waals surface area contributed by atoms with Gasteiger partial charge >= 0.3 is 0 Å². The quantitative estimate of drug-likeness (QED) is 0.372. The van der Waals surface area contributed by atoms with E-state index >= 15 is 0 Å². The van der Waals surface area contributed by atoms with Crippen LogP contribution < -0.4 is 0 Å². The highest BCUT2D eigenvalue weighted by molar-refractivity contribution is 9.10. The van der Waals surface area contributed by atoms with Crippen LogP contribution in [0.5, 0.6) is 0 Å². The van der Waals surface area contributed by atoms with Gasteiger partial charge in [0, 0.05) is 10.4 Å². The van der Waals surface area contributed by atoms with Gasteiger partial charge in [-0.05, 0) is 97.7 Å². The Bertz CT molecular complexity index is 933. The number of aliphatic hydroxyl groups is 1. The zero-order valence-corrected chi connectivity index (χ0v) is 20.4. The van der Waals surface area contributed by atoms with Crippen LogP contribution in [-0.2, 0) is 4.79 Å². The maximum atomic E-state index is 13.3. The lowest BCUT2D eigenvalue weighted by Gasteiger charge is -2.57. The van der Waals surface area contributed by atoms with E-state index in [-0.39, 0.29) is 22.9 Å². The van der Waals surface area contributed by atoms with Crippen LogP contribution in [0.25, 0.3) is 6.08 Å². The van der Waals surface area contributed by atoms with Crippen LogP contribution in [0.3, 0.4) is 0 Å². The van der Waals surface area contributed by atoms with Gasteiger partial charge in [-0.2, -0.15) is 0 Å². The summed E-state index contributed by atoms with van der Waals surface area (Å²) in [4.78, 5) is 13.3. The van der Waals surface area contributed by atoms with Gasteiger partial charge in [0.15, 0.2) is 5.78 Å². The van der Waals surface area contributed by atoms with Crippen molar-refractivity contribution in [1.82, 2.24) is 0 Å². The summed E-state index contributed by atoms with van der Waals surface area (Å²) in [6.07, 6.45) is 14.9. The number of rotatable bonds is 3. The van der Waals surface area contributed by atoms with Crippen molar-refractivity contribution in [3.63, 3.8) is 0 Å². The highest BCUT2D eigenvalue weighted by atomic mass is 79.9. The summed E-state index contributed by atoms with van der Waals surface area (Å²) in [5.41, 5.74) is 2.99. The Kier molecular flexibility index (Phi) is 5.58. The van der Waals surface area contributed by atoms with Crippen molar-refractivity contribution in [1.29, 1.82) is 0 Å². The SMILES string of the molecule is C[C@]12CC[C@H]3[C@@H](CC=C4C[C@@H](O)CC[C@@]43C)[C@@H]1CC[C@@H]2C(=O)/C=C/c1ccccc1Br. The molecule has 31 heavy (non-hydrogen) atoms. The number of carbonyl (C=O) groups is 1. The normalized spacial score (nSPS) is 41.9. The Balaban J connectivity index is 1.37. The molecule has 0 heterocycles. The average molecular weight is 483 g/mol. The topological polar surface area (TPSA) is 37.3 Å². The molecule has 0 unspecified atom stereocenters. The summed E-state index contributed by atoms with van der Waals surface area (Å²) >= 11 is 3.59. The number of carbonyl (C=O) groups excluding carboxylic acids is 1. The smallest absolute Gasteiger partial charge is 0.159 e. The van der Waals surface area contributed by atoms with Crippen molar-refractivity contribution in [2.75, 3.05) is 0 Å². The first kappa shape index (κ1) is 21.6. The summed E-state index contributed by atoms with van der Waals surface area (Å²) in [6.45, 7) is 4.89. The van der Waals surface area contributed by atoms with Gasteiger partial charge in [-0.1, -0.05) is 65.7 Å². The molecule has 166 valence electrons. The summed E-state index contributed by atoms with van der Waals surface area (Å²) in [6, 6.07) is 8.08. The van der Waals surface area contributed by atoms with Gasteiger partial charge in [-0.15, -0.1) is 0 Å². The Morgan fingerprint density at radius 2 is 1.90 bits per heavy atom. The second kappa shape index (κ2) is 7.99. The summed E-state index contributed by atoms with van der Waals surface area (Å²) in [5.74, 6) is 2.55. The standard InChI is InChI=1S/C28H35BrO2/c1-27-15-13-20(30)17-19(27)8-9-21-22-10-11-24(28(22,2)16-14-23(21)27)26(31)12-7-18-5-3-4-6-25(18)29/h3-8,12,20-24,30H,9-11,13-17H2,1-2H3/b12-7+/t20-,21-,22-,23-,24+,27-,28-/m0/s1. The molecular formula is C28H35BrO2. The minimum absolute atomic E-state index is 0.131. The van der Waals surface area contributed by atoms with Gasteiger partial charge in [0.1, 0.15) is 0 Å². The summed E-state index contributed by atoms with van der Waals surface area (Å²) < 4.78 is 1.03. The highest BCUT2D eigenvalue weighted by Gasteiger charge is 2.59. The van der Waals surface area contributed by atoms with E-state index in [9.17, 15) is 9.90 Å². The number of fused-ring (bicyclic) bond motifs is 5. The third-order valence-corrected chi connectivity index (χ3v) is 10.5. The number of hydrogen-bond acceptors (Lipinski definition) is 2. The Hall–Kier alpha value is -1.19. The lowest BCUT2D eigenvalue weighted by molar-refractivity contribution is -0.124. The molecule has 0 spiro atoms. The van der Waals surface area contributed by atoms with E-state index in [0.717, 1.165) is 48.1 Å². The zero-order chi connectivity index (χ0) is 21.8. The monoisotopic (exact) mass is 482 g/mol. The van der Waals surface area contributed by atoms with E-state index < -0.39 is 0 Å². The molecule has 5 rings (SSSR count). The van der Waals surface area contributed by atoms with Crippen molar-refractivity contribution in [2.45, 2.75) is 71.3 Å². The predicted octanol–water partition coefficient (Wildman–Crippen LogP) is 6.97. The third-order valence-electron chi connectivity index (χ3n) is 9.75. The lowest BCUT2D eigenvalue weighted by Crippen LogP contribution is -2.50.